The van der Waals surface area contributed by atoms with E-state index in [0.29, 0.717) is 5.76 Å². The molecule has 13 heavy (non-hydrogen) atoms. The van der Waals surface area contributed by atoms with Crippen LogP contribution in [0.2, 0.25) is 0 Å². The smallest absolute Gasteiger partial charge is 0.214 e. The molecule has 0 unspecified atom stereocenters. The summed E-state index contributed by atoms with van der Waals surface area (Å²) < 4.78 is 5.13. The quantitative estimate of drug-likeness (QED) is 0.677. The van der Waals surface area contributed by atoms with E-state index in [1.807, 2.05) is 23.6 Å². The van der Waals surface area contributed by atoms with Gasteiger partial charge in [0, 0.05) is 0 Å². The average molecular weight is 191 g/mol. The predicted octanol–water partition coefficient (Wildman–Crippen LogP) is 1.58. The summed E-state index contributed by atoms with van der Waals surface area (Å²) in [5, 5.41) is 10.6. The zero-order valence-electron chi connectivity index (χ0n) is 6.61. The fraction of sp³-hybridized carbons (Fsp3) is 0.111. The average Bonchev–Trinajstić information content (AvgIpc) is 2.71. The number of thiophene rings is 1. The third-order valence-corrected chi connectivity index (χ3v) is 2.58. The van der Waals surface area contributed by atoms with E-state index in [1.165, 1.54) is 11.3 Å². The molecular formula is C9H5NO2S. The lowest BCUT2D eigenvalue weighted by Gasteiger charge is -1.97. The first kappa shape index (κ1) is 8.02. The molecule has 2 rings (SSSR count). The van der Waals surface area contributed by atoms with Crippen LogP contribution in [-0.2, 0) is 9.53 Å². The molecule has 1 aliphatic rings. The van der Waals surface area contributed by atoms with Crippen LogP contribution in [0.15, 0.2) is 23.1 Å². The summed E-state index contributed by atoms with van der Waals surface area (Å²) in [6.07, 6.45) is 0. The van der Waals surface area contributed by atoms with Crippen LogP contribution in [0, 0.1) is 11.3 Å². The molecule has 0 amide bonds. The Morgan fingerprint density at radius 3 is 3.08 bits per heavy atom. The van der Waals surface area contributed by atoms with Gasteiger partial charge in [-0.05, 0) is 11.4 Å². The van der Waals surface area contributed by atoms with Crippen LogP contribution >= 0.6 is 11.3 Å². The van der Waals surface area contributed by atoms with Gasteiger partial charge in [-0.1, -0.05) is 6.07 Å². The molecule has 0 fully saturated rings. The summed E-state index contributed by atoms with van der Waals surface area (Å²) in [6.45, 7) is -0.00384. The molecule has 3 nitrogen and oxygen atoms in total. The number of Topliss-reactive ketones (excluding diaryl/α,β-unsaturated/α-hetero) is 1. The molecule has 2 heterocycles. The van der Waals surface area contributed by atoms with Gasteiger partial charge in [-0.2, -0.15) is 5.26 Å². The van der Waals surface area contributed by atoms with Gasteiger partial charge >= 0.3 is 0 Å². The third kappa shape index (κ3) is 1.23. The van der Waals surface area contributed by atoms with Crippen LogP contribution in [0.4, 0.5) is 0 Å². The molecule has 1 aliphatic heterocycles. The minimum absolute atomic E-state index is 0.00384. The van der Waals surface area contributed by atoms with E-state index >= 15 is 0 Å². The molecule has 0 N–H and O–H groups in total. The first-order chi connectivity index (χ1) is 6.33. The lowest BCUT2D eigenvalue weighted by Crippen LogP contribution is -1.98. The molecule has 0 atom stereocenters. The summed E-state index contributed by atoms with van der Waals surface area (Å²) in [5.74, 6) is 0.202. The molecule has 0 bridgehead atoms. The normalized spacial score (nSPS) is 15.8. The molecule has 1 aromatic heterocycles. The molecular weight excluding hydrogens is 186 g/mol. The minimum atomic E-state index is -0.231. The Bertz CT molecular complexity index is 411. The van der Waals surface area contributed by atoms with Gasteiger partial charge in [0.2, 0.25) is 5.78 Å². The van der Waals surface area contributed by atoms with Crippen LogP contribution in [0.5, 0.6) is 0 Å². The maximum absolute atomic E-state index is 11.1. The van der Waals surface area contributed by atoms with E-state index in [0.717, 1.165) is 4.88 Å². The third-order valence-electron chi connectivity index (χ3n) is 1.71. The molecule has 64 valence electrons. The summed E-state index contributed by atoms with van der Waals surface area (Å²) in [4.78, 5) is 11.9. The van der Waals surface area contributed by atoms with Crippen LogP contribution < -0.4 is 0 Å². The van der Waals surface area contributed by atoms with Crippen LogP contribution in [0.3, 0.4) is 0 Å². The van der Waals surface area contributed by atoms with Crippen LogP contribution in [-0.4, -0.2) is 12.4 Å². The zero-order valence-corrected chi connectivity index (χ0v) is 7.43. The van der Waals surface area contributed by atoms with E-state index in [-0.39, 0.29) is 18.0 Å². The van der Waals surface area contributed by atoms with Crippen molar-refractivity contribution in [3.05, 3.63) is 28.0 Å². The van der Waals surface area contributed by atoms with E-state index in [1.54, 1.807) is 0 Å². The molecule has 0 saturated heterocycles. The molecule has 0 aromatic carbocycles. The second-order valence-electron chi connectivity index (χ2n) is 2.51. The van der Waals surface area contributed by atoms with Crippen molar-refractivity contribution in [3.8, 4) is 6.07 Å². The number of hydrogen-bond donors (Lipinski definition) is 0. The van der Waals surface area contributed by atoms with Crippen molar-refractivity contribution in [1.29, 1.82) is 5.26 Å². The Morgan fingerprint density at radius 2 is 2.46 bits per heavy atom. The lowest BCUT2D eigenvalue weighted by molar-refractivity contribution is -0.116. The number of hydrogen-bond acceptors (Lipinski definition) is 4. The number of carbonyl (C=O) groups is 1. The summed E-state index contributed by atoms with van der Waals surface area (Å²) in [5.41, 5.74) is 0.141. The van der Waals surface area contributed by atoms with Crippen molar-refractivity contribution in [1.82, 2.24) is 0 Å². The Balaban J connectivity index is 2.50. The second kappa shape index (κ2) is 3.04. The highest BCUT2D eigenvalue weighted by Gasteiger charge is 2.26. The molecule has 1 aromatic rings. The highest BCUT2D eigenvalue weighted by atomic mass is 32.1. The topological polar surface area (TPSA) is 50.1 Å². The molecule has 4 heteroatoms. The van der Waals surface area contributed by atoms with Gasteiger partial charge in [0.1, 0.15) is 11.6 Å². The van der Waals surface area contributed by atoms with Crippen molar-refractivity contribution >= 4 is 22.9 Å². The molecule has 0 saturated carbocycles. The van der Waals surface area contributed by atoms with Gasteiger partial charge in [-0.15, -0.1) is 11.3 Å². The van der Waals surface area contributed by atoms with Crippen LogP contribution in [0.1, 0.15) is 4.88 Å². The van der Waals surface area contributed by atoms with Gasteiger partial charge in [0.15, 0.2) is 12.4 Å². The highest BCUT2D eigenvalue weighted by Crippen LogP contribution is 2.28. The fourth-order valence-electron chi connectivity index (χ4n) is 1.12. The first-order valence-electron chi connectivity index (χ1n) is 3.67. The first-order valence-corrected chi connectivity index (χ1v) is 4.55. The maximum atomic E-state index is 11.1. The second-order valence-corrected chi connectivity index (χ2v) is 3.45. The van der Waals surface area contributed by atoms with Crippen molar-refractivity contribution in [2.24, 2.45) is 0 Å². The number of carbonyl (C=O) groups excluding carboxylic acids is 1. The van der Waals surface area contributed by atoms with Crippen LogP contribution in [0.25, 0.3) is 5.76 Å². The van der Waals surface area contributed by atoms with Crippen molar-refractivity contribution in [2.75, 3.05) is 6.61 Å². The standard InChI is InChI=1S/C9H5NO2S/c10-4-6-7(11)5-12-9(6)8-2-1-3-13-8/h1-3H,5H2. The van der Waals surface area contributed by atoms with Crippen molar-refractivity contribution in [3.63, 3.8) is 0 Å². The highest BCUT2D eigenvalue weighted by molar-refractivity contribution is 7.11. The largest absolute Gasteiger partial charge is 0.482 e. The SMILES string of the molecule is N#CC1=C(c2cccs2)OCC1=O. The lowest BCUT2D eigenvalue weighted by atomic mass is 10.2. The zero-order chi connectivity index (χ0) is 9.26. The summed E-state index contributed by atoms with van der Waals surface area (Å²) in [7, 11) is 0. The monoisotopic (exact) mass is 191 g/mol. The minimum Gasteiger partial charge on any atom is -0.482 e. The Labute approximate surface area is 78.9 Å². The number of ketones is 1. The predicted molar refractivity (Wildman–Crippen MR) is 47.8 cm³/mol. The van der Waals surface area contributed by atoms with Gasteiger partial charge in [-0.25, -0.2) is 0 Å². The fourth-order valence-corrected chi connectivity index (χ4v) is 1.85. The molecule has 0 spiro atoms. The summed E-state index contributed by atoms with van der Waals surface area (Å²) in [6, 6.07) is 5.55. The van der Waals surface area contributed by atoms with Gasteiger partial charge in [0.25, 0.3) is 0 Å². The van der Waals surface area contributed by atoms with Crippen molar-refractivity contribution < 1.29 is 9.53 Å². The molecule has 0 aliphatic carbocycles. The van der Waals surface area contributed by atoms with E-state index in [2.05, 4.69) is 0 Å². The Hall–Kier alpha value is -1.60. The van der Waals surface area contributed by atoms with Gasteiger partial charge in [0.05, 0.1) is 4.88 Å². The number of nitriles is 1. The van der Waals surface area contributed by atoms with Gasteiger partial charge in [-0.3, -0.25) is 4.79 Å². The number of rotatable bonds is 1. The van der Waals surface area contributed by atoms with E-state index in [4.69, 9.17) is 10.00 Å². The Kier molecular flexibility index (Phi) is 1.87. The van der Waals surface area contributed by atoms with E-state index < -0.39 is 0 Å². The number of ether oxygens (including phenoxy) is 1. The molecule has 0 radical (unpaired) electrons. The Morgan fingerprint density at radius 1 is 1.62 bits per heavy atom. The maximum Gasteiger partial charge on any atom is 0.214 e. The van der Waals surface area contributed by atoms with Gasteiger partial charge < -0.3 is 4.74 Å². The van der Waals surface area contributed by atoms with Crippen molar-refractivity contribution in [2.45, 2.75) is 0 Å². The van der Waals surface area contributed by atoms with E-state index in [9.17, 15) is 4.79 Å². The summed E-state index contributed by atoms with van der Waals surface area (Å²) >= 11 is 1.46. The number of nitrogens with zero attached hydrogens (tertiary/aromatic N) is 1.